The summed E-state index contributed by atoms with van der Waals surface area (Å²) < 4.78 is 5.42. The van der Waals surface area contributed by atoms with Crippen LogP contribution in [0.4, 0.5) is 27.8 Å². The van der Waals surface area contributed by atoms with Crippen LogP contribution in [0.3, 0.4) is 0 Å². The third-order valence-corrected chi connectivity index (χ3v) is 4.95. The van der Waals surface area contributed by atoms with Gasteiger partial charge in [0.05, 0.1) is 17.3 Å². The molecule has 2 aromatic rings. The molecule has 174 valence electrons. The molecule has 0 aliphatic carbocycles. The maximum Gasteiger partial charge on any atom is 0.410 e. The number of nitro groups is 1. The zero-order valence-corrected chi connectivity index (χ0v) is 18.7. The van der Waals surface area contributed by atoms with Crippen molar-refractivity contribution in [2.75, 3.05) is 30.3 Å². The molecule has 12 nitrogen and oxygen atoms in total. The second-order valence-corrected chi connectivity index (χ2v) is 8.66. The van der Waals surface area contributed by atoms with E-state index in [1.807, 2.05) is 26.8 Å². The molecule has 0 saturated carbocycles. The summed E-state index contributed by atoms with van der Waals surface area (Å²) >= 11 is 0. The van der Waals surface area contributed by atoms with Gasteiger partial charge in [0.1, 0.15) is 35.2 Å². The minimum absolute atomic E-state index is 0.141. The SMILES string of the molecule is CC(C)(C)OC(=O)N1CCC(CNc2cc(Nc3cnc(C#N)cn3)ncc2[N+](=O)[O-])CC1. The second-order valence-electron chi connectivity index (χ2n) is 8.66. The number of likely N-dealkylation sites (tertiary alicyclic amines) is 1. The molecule has 0 radical (unpaired) electrons. The summed E-state index contributed by atoms with van der Waals surface area (Å²) in [5.41, 5.74) is -0.172. The molecule has 33 heavy (non-hydrogen) atoms. The first-order chi connectivity index (χ1) is 15.6. The van der Waals surface area contributed by atoms with Crippen LogP contribution in [0.1, 0.15) is 39.3 Å². The first kappa shape index (κ1) is 23.6. The van der Waals surface area contributed by atoms with Gasteiger partial charge in [-0.15, -0.1) is 0 Å². The highest BCUT2D eigenvalue weighted by Gasteiger charge is 2.27. The number of amides is 1. The standard InChI is InChI=1S/C21H26N8O4/c1-21(2,3)33-20(30)28-6-4-14(5-7-28)10-24-16-8-18(26-12-17(16)29(31)32)27-19-13-23-15(9-22)11-25-19/h8,11-14H,4-7,10H2,1-3H3,(H2,24,25,26,27). The molecule has 0 bridgehead atoms. The van der Waals surface area contributed by atoms with Crippen molar-refractivity contribution in [1.82, 2.24) is 19.9 Å². The van der Waals surface area contributed by atoms with E-state index in [2.05, 4.69) is 25.6 Å². The molecule has 0 atom stereocenters. The highest BCUT2D eigenvalue weighted by molar-refractivity contribution is 5.68. The van der Waals surface area contributed by atoms with E-state index >= 15 is 0 Å². The average molecular weight is 454 g/mol. The Bertz CT molecular complexity index is 1040. The molecule has 2 aromatic heterocycles. The van der Waals surface area contributed by atoms with Crippen LogP contribution in [0.15, 0.2) is 24.7 Å². The van der Waals surface area contributed by atoms with E-state index in [0.717, 1.165) is 12.8 Å². The number of rotatable bonds is 6. The van der Waals surface area contributed by atoms with E-state index in [-0.39, 0.29) is 23.4 Å². The van der Waals surface area contributed by atoms with E-state index in [9.17, 15) is 14.9 Å². The van der Waals surface area contributed by atoms with Crippen LogP contribution in [-0.4, -0.2) is 56.1 Å². The molecule has 0 unspecified atom stereocenters. The van der Waals surface area contributed by atoms with Crippen molar-refractivity contribution in [1.29, 1.82) is 5.26 Å². The van der Waals surface area contributed by atoms with Gasteiger partial charge in [-0.05, 0) is 39.5 Å². The van der Waals surface area contributed by atoms with Gasteiger partial charge in [-0.25, -0.2) is 19.7 Å². The van der Waals surface area contributed by atoms with Crippen LogP contribution >= 0.6 is 0 Å². The second kappa shape index (κ2) is 10.1. The average Bonchev–Trinajstić information content (AvgIpc) is 2.77. The molecule has 1 amide bonds. The Morgan fingerprint density at radius 1 is 1.24 bits per heavy atom. The van der Waals surface area contributed by atoms with E-state index in [1.165, 1.54) is 24.7 Å². The van der Waals surface area contributed by atoms with Crippen molar-refractivity contribution in [3.8, 4) is 6.07 Å². The molecular weight excluding hydrogens is 428 g/mol. The lowest BCUT2D eigenvalue weighted by atomic mass is 9.97. The highest BCUT2D eigenvalue weighted by atomic mass is 16.6. The molecule has 1 aliphatic rings. The van der Waals surface area contributed by atoms with Crippen molar-refractivity contribution < 1.29 is 14.5 Å². The fourth-order valence-corrected chi connectivity index (χ4v) is 3.29. The minimum Gasteiger partial charge on any atom is -0.444 e. The summed E-state index contributed by atoms with van der Waals surface area (Å²) in [5.74, 6) is 0.954. The maximum atomic E-state index is 12.2. The van der Waals surface area contributed by atoms with Gasteiger partial charge in [-0.1, -0.05) is 0 Å². The van der Waals surface area contributed by atoms with E-state index in [4.69, 9.17) is 10.00 Å². The van der Waals surface area contributed by atoms with Crippen LogP contribution in [0, 0.1) is 27.4 Å². The molecule has 3 rings (SSSR count). The third-order valence-electron chi connectivity index (χ3n) is 4.95. The van der Waals surface area contributed by atoms with Crippen LogP contribution < -0.4 is 10.6 Å². The van der Waals surface area contributed by atoms with Gasteiger partial charge in [0, 0.05) is 25.7 Å². The van der Waals surface area contributed by atoms with Gasteiger partial charge in [0.15, 0.2) is 5.69 Å². The van der Waals surface area contributed by atoms with Crippen LogP contribution in [-0.2, 0) is 4.74 Å². The quantitative estimate of drug-likeness (QED) is 0.489. The first-order valence-corrected chi connectivity index (χ1v) is 10.5. The van der Waals surface area contributed by atoms with Crippen molar-refractivity contribution in [3.63, 3.8) is 0 Å². The zero-order chi connectivity index (χ0) is 24.0. The Balaban J connectivity index is 1.60. The third kappa shape index (κ3) is 6.73. The number of aromatic nitrogens is 3. The minimum atomic E-state index is -0.537. The Labute approximate surface area is 191 Å². The predicted octanol–water partition coefficient (Wildman–Crippen LogP) is 3.45. The molecule has 1 aliphatic heterocycles. The number of pyridine rings is 1. The largest absolute Gasteiger partial charge is 0.444 e. The van der Waals surface area contributed by atoms with Gasteiger partial charge in [0.25, 0.3) is 0 Å². The number of piperidine rings is 1. The number of nitrogens with one attached hydrogen (secondary N) is 2. The van der Waals surface area contributed by atoms with Gasteiger partial charge in [-0.2, -0.15) is 5.26 Å². The Kier molecular flexibility index (Phi) is 7.22. The van der Waals surface area contributed by atoms with Crippen LogP contribution in [0.25, 0.3) is 0 Å². The predicted molar refractivity (Wildman–Crippen MR) is 120 cm³/mol. The number of hydrogen-bond acceptors (Lipinski definition) is 10. The Hall–Kier alpha value is -4.01. The Morgan fingerprint density at radius 3 is 2.52 bits per heavy atom. The summed E-state index contributed by atoms with van der Waals surface area (Å²) in [5, 5.41) is 26.3. The lowest BCUT2D eigenvalue weighted by Gasteiger charge is -2.33. The van der Waals surface area contributed by atoms with Gasteiger partial charge < -0.3 is 20.3 Å². The summed E-state index contributed by atoms with van der Waals surface area (Å²) in [6, 6.07) is 3.42. The summed E-state index contributed by atoms with van der Waals surface area (Å²) in [6.07, 6.45) is 5.07. The van der Waals surface area contributed by atoms with Crippen molar-refractivity contribution >= 4 is 29.1 Å². The Morgan fingerprint density at radius 2 is 1.94 bits per heavy atom. The number of carbonyl (C=O) groups excluding carboxylic acids is 1. The monoisotopic (exact) mass is 454 g/mol. The normalized spacial score (nSPS) is 14.3. The highest BCUT2D eigenvalue weighted by Crippen LogP contribution is 2.28. The number of anilines is 3. The number of ether oxygens (including phenoxy) is 1. The van der Waals surface area contributed by atoms with Crippen molar-refractivity contribution in [3.05, 3.63) is 40.5 Å². The van der Waals surface area contributed by atoms with Gasteiger partial charge in [-0.3, -0.25) is 10.1 Å². The number of carbonyl (C=O) groups is 1. The summed E-state index contributed by atoms with van der Waals surface area (Å²) in [6.45, 7) is 7.16. The fraction of sp³-hybridized carbons (Fsp3) is 0.476. The van der Waals surface area contributed by atoms with Gasteiger partial charge in [0.2, 0.25) is 0 Å². The van der Waals surface area contributed by atoms with Crippen molar-refractivity contribution in [2.24, 2.45) is 5.92 Å². The van der Waals surface area contributed by atoms with Gasteiger partial charge >= 0.3 is 11.8 Å². The fourth-order valence-electron chi connectivity index (χ4n) is 3.29. The lowest BCUT2D eigenvalue weighted by molar-refractivity contribution is -0.384. The van der Waals surface area contributed by atoms with Crippen LogP contribution in [0.5, 0.6) is 0 Å². The van der Waals surface area contributed by atoms with Crippen molar-refractivity contribution in [2.45, 2.75) is 39.2 Å². The molecule has 1 saturated heterocycles. The molecule has 0 aromatic carbocycles. The maximum absolute atomic E-state index is 12.2. The van der Waals surface area contributed by atoms with E-state index in [1.54, 1.807) is 4.90 Å². The smallest absolute Gasteiger partial charge is 0.410 e. The molecule has 1 fully saturated rings. The lowest BCUT2D eigenvalue weighted by Crippen LogP contribution is -2.42. The molecule has 3 heterocycles. The molecular formula is C21H26N8O4. The van der Waals surface area contributed by atoms with E-state index < -0.39 is 10.5 Å². The number of nitriles is 1. The topological polar surface area (TPSA) is 159 Å². The zero-order valence-electron chi connectivity index (χ0n) is 18.7. The van der Waals surface area contributed by atoms with Crippen LogP contribution in [0.2, 0.25) is 0 Å². The summed E-state index contributed by atoms with van der Waals surface area (Å²) in [4.78, 5) is 36.9. The number of hydrogen-bond donors (Lipinski definition) is 2. The number of nitrogens with zero attached hydrogens (tertiary/aromatic N) is 6. The first-order valence-electron chi connectivity index (χ1n) is 10.5. The molecule has 0 spiro atoms. The summed E-state index contributed by atoms with van der Waals surface area (Å²) in [7, 11) is 0. The molecule has 12 heteroatoms. The van der Waals surface area contributed by atoms with E-state index in [0.29, 0.717) is 37.0 Å². The molecule has 2 N–H and O–H groups in total.